The molecule has 1 aliphatic carbocycles. The SMILES string of the molecule is O=C(CCCC1C=C(c2ccc(F)cc2)CC=C1c1ccc(F)cc1)N1CCN(c2cccnn2)CC1. The Morgan fingerprint density at radius 2 is 1.57 bits per heavy atom. The van der Waals surface area contributed by atoms with Crippen LogP contribution in [0.5, 0.6) is 0 Å². The molecule has 37 heavy (non-hydrogen) atoms. The van der Waals surface area contributed by atoms with Crippen molar-refractivity contribution in [1.82, 2.24) is 15.1 Å². The molecule has 1 fully saturated rings. The summed E-state index contributed by atoms with van der Waals surface area (Å²) in [4.78, 5) is 17.0. The van der Waals surface area contributed by atoms with Crippen molar-refractivity contribution < 1.29 is 13.6 Å². The standard InChI is InChI=1S/C30H30F2N4O/c31-26-11-6-22(7-12-26)24-10-15-28(23-8-13-27(32)14-9-23)25(21-24)3-1-5-30(37)36-19-17-35(18-20-36)29-4-2-16-33-34-29/h2,4,6-9,11-16,21,25H,1,3,5,10,17-20H2. The van der Waals surface area contributed by atoms with E-state index in [0.717, 1.165) is 60.4 Å². The van der Waals surface area contributed by atoms with E-state index in [4.69, 9.17) is 0 Å². The number of aromatic nitrogens is 2. The van der Waals surface area contributed by atoms with Crippen LogP contribution >= 0.6 is 0 Å². The largest absolute Gasteiger partial charge is 0.352 e. The quantitative estimate of drug-likeness (QED) is 0.414. The number of hydrogen-bond acceptors (Lipinski definition) is 4. The van der Waals surface area contributed by atoms with Crippen LogP contribution in [-0.2, 0) is 4.79 Å². The molecule has 1 unspecified atom stereocenters. The number of piperazine rings is 1. The van der Waals surface area contributed by atoms with E-state index in [-0.39, 0.29) is 23.5 Å². The van der Waals surface area contributed by atoms with Gasteiger partial charge in [-0.2, -0.15) is 5.10 Å². The van der Waals surface area contributed by atoms with Gasteiger partial charge in [0.25, 0.3) is 0 Å². The van der Waals surface area contributed by atoms with Gasteiger partial charge in [-0.1, -0.05) is 36.4 Å². The Morgan fingerprint density at radius 3 is 2.22 bits per heavy atom. The van der Waals surface area contributed by atoms with Gasteiger partial charge in [0, 0.05) is 44.7 Å². The van der Waals surface area contributed by atoms with E-state index in [2.05, 4.69) is 27.2 Å². The Hall–Kier alpha value is -3.87. The topological polar surface area (TPSA) is 49.3 Å². The molecule has 5 nitrogen and oxygen atoms in total. The highest BCUT2D eigenvalue weighted by atomic mass is 19.1. The zero-order valence-corrected chi connectivity index (χ0v) is 20.7. The first-order valence-corrected chi connectivity index (χ1v) is 12.8. The number of halogens is 2. The fourth-order valence-electron chi connectivity index (χ4n) is 5.14. The Bertz CT molecular complexity index is 1270. The van der Waals surface area contributed by atoms with Crippen molar-refractivity contribution in [3.8, 4) is 0 Å². The molecule has 5 rings (SSSR count). The van der Waals surface area contributed by atoms with Crippen LogP contribution in [0.15, 0.2) is 79.0 Å². The number of amides is 1. The number of anilines is 1. The van der Waals surface area contributed by atoms with Gasteiger partial charge in [-0.3, -0.25) is 4.79 Å². The summed E-state index contributed by atoms with van der Waals surface area (Å²) >= 11 is 0. The van der Waals surface area contributed by atoms with Crippen LogP contribution in [0, 0.1) is 17.6 Å². The van der Waals surface area contributed by atoms with Crippen LogP contribution < -0.4 is 4.90 Å². The summed E-state index contributed by atoms with van der Waals surface area (Å²) in [5, 5.41) is 8.11. The highest BCUT2D eigenvalue weighted by Gasteiger charge is 2.23. The van der Waals surface area contributed by atoms with Gasteiger partial charge in [0.1, 0.15) is 11.6 Å². The smallest absolute Gasteiger partial charge is 0.222 e. The van der Waals surface area contributed by atoms with E-state index in [9.17, 15) is 13.6 Å². The van der Waals surface area contributed by atoms with Crippen LogP contribution in [0.2, 0.25) is 0 Å². The second kappa shape index (κ2) is 11.5. The lowest BCUT2D eigenvalue weighted by Crippen LogP contribution is -2.49. The molecule has 1 aromatic heterocycles. The van der Waals surface area contributed by atoms with Crippen molar-refractivity contribution in [2.24, 2.45) is 5.92 Å². The fourth-order valence-corrected chi connectivity index (χ4v) is 5.14. The Morgan fingerprint density at radius 1 is 0.892 bits per heavy atom. The van der Waals surface area contributed by atoms with E-state index in [1.54, 1.807) is 18.3 Å². The molecule has 0 saturated carbocycles. The van der Waals surface area contributed by atoms with Crippen LogP contribution in [0.4, 0.5) is 14.6 Å². The monoisotopic (exact) mass is 500 g/mol. The first kappa shape index (κ1) is 24.8. The number of hydrogen-bond donors (Lipinski definition) is 0. The van der Waals surface area contributed by atoms with Crippen LogP contribution in [0.25, 0.3) is 11.1 Å². The van der Waals surface area contributed by atoms with Crippen molar-refractivity contribution in [2.75, 3.05) is 31.1 Å². The molecule has 1 atom stereocenters. The Balaban J connectivity index is 1.21. The number of nitrogens with zero attached hydrogens (tertiary/aromatic N) is 4. The van der Waals surface area contributed by atoms with Crippen LogP contribution in [-0.4, -0.2) is 47.2 Å². The molecule has 0 radical (unpaired) electrons. The van der Waals surface area contributed by atoms with Crippen molar-refractivity contribution in [3.05, 3.63) is 102 Å². The lowest BCUT2D eigenvalue weighted by Gasteiger charge is -2.35. The van der Waals surface area contributed by atoms with Gasteiger partial charge < -0.3 is 9.80 Å². The van der Waals surface area contributed by atoms with E-state index >= 15 is 0 Å². The highest BCUT2D eigenvalue weighted by Crippen LogP contribution is 2.37. The molecule has 0 spiro atoms. The molecular weight excluding hydrogens is 470 g/mol. The minimum absolute atomic E-state index is 0.0977. The normalized spacial score (nSPS) is 17.8. The minimum atomic E-state index is -0.260. The average molecular weight is 501 g/mol. The molecule has 1 saturated heterocycles. The maximum absolute atomic E-state index is 13.5. The number of allylic oxidation sites excluding steroid dienone is 4. The van der Waals surface area contributed by atoms with Crippen molar-refractivity contribution in [2.45, 2.75) is 25.7 Å². The zero-order valence-electron chi connectivity index (χ0n) is 20.7. The molecular formula is C30H30F2N4O. The van der Waals surface area contributed by atoms with Crippen molar-refractivity contribution in [1.29, 1.82) is 0 Å². The summed E-state index contributed by atoms with van der Waals surface area (Å²) in [5.41, 5.74) is 4.28. The van der Waals surface area contributed by atoms with Crippen LogP contribution in [0.3, 0.4) is 0 Å². The van der Waals surface area contributed by atoms with Gasteiger partial charge >= 0.3 is 0 Å². The molecule has 2 aromatic carbocycles. The lowest BCUT2D eigenvalue weighted by atomic mass is 9.81. The summed E-state index contributed by atoms with van der Waals surface area (Å²) in [6.45, 7) is 2.84. The Labute approximate surface area is 216 Å². The molecule has 0 N–H and O–H groups in total. The third kappa shape index (κ3) is 6.10. The summed E-state index contributed by atoms with van der Waals surface area (Å²) in [5.74, 6) is 0.598. The molecule has 1 aliphatic heterocycles. The minimum Gasteiger partial charge on any atom is -0.352 e. The highest BCUT2D eigenvalue weighted by molar-refractivity contribution is 5.80. The van der Waals surface area contributed by atoms with E-state index < -0.39 is 0 Å². The summed E-state index contributed by atoms with van der Waals surface area (Å²) in [6, 6.07) is 17.0. The van der Waals surface area contributed by atoms with Gasteiger partial charge in [-0.25, -0.2) is 8.78 Å². The summed E-state index contributed by atoms with van der Waals surface area (Å²) in [7, 11) is 0. The predicted octanol–water partition coefficient (Wildman–Crippen LogP) is 5.76. The molecule has 190 valence electrons. The third-order valence-electron chi connectivity index (χ3n) is 7.16. The van der Waals surface area contributed by atoms with E-state index in [1.165, 1.54) is 24.3 Å². The van der Waals surface area contributed by atoms with Gasteiger partial charge in [0.15, 0.2) is 5.82 Å². The summed E-state index contributed by atoms with van der Waals surface area (Å²) in [6.07, 6.45) is 8.84. The second-order valence-corrected chi connectivity index (χ2v) is 9.52. The molecule has 2 aliphatic rings. The maximum Gasteiger partial charge on any atom is 0.222 e. The van der Waals surface area contributed by atoms with Crippen molar-refractivity contribution in [3.63, 3.8) is 0 Å². The predicted molar refractivity (Wildman–Crippen MR) is 142 cm³/mol. The second-order valence-electron chi connectivity index (χ2n) is 9.52. The van der Waals surface area contributed by atoms with E-state index in [0.29, 0.717) is 19.5 Å². The molecule has 7 heteroatoms. The van der Waals surface area contributed by atoms with Crippen molar-refractivity contribution >= 4 is 22.9 Å². The summed E-state index contributed by atoms with van der Waals surface area (Å²) < 4.78 is 27.0. The van der Waals surface area contributed by atoms with Gasteiger partial charge in [-0.05, 0) is 77.9 Å². The van der Waals surface area contributed by atoms with Crippen LogP contribution in [0.1, 0.15) is 36.8 Å². The molecule has 3 aromatic rings. The molecule has 2 heterocycles. The third-order valence-corrected chi connectivity index (χ3v) is 7.16. The number of rotatable bonds is 7. The number of benzene rings is 2. The number of carbonyl (C=O) groups excluding carboxylic acids is 1. The zero-order chi connectivity index (χ0) is 25.6. The van der Waals surface area contributed by atoms with E-state index in [1.807, 2.05) is 29.2 Å². The average Bonchev–Trinajstić information content (AvgIpc) is 2.94. The first-order chi connectivity index (χ1) is 18.1. The number of carbonyl (C=O) groups is 1. The molecule has 1 amide bonds. The maximum atomic E-state index is 13.5. The lowest BCUT2D eigenvalue weighted by molar-refractivity contribution is -0.131. The fraction of sp³-hybridized carbons (Fsp3) is 0.300. The van der Waals surface area contributed by atoms with Gasteiger partial charge in [-0.15, -0.1) is 5.10 Å². The Kier molecular flexibility index (Phi) is 7.68. The van der Waals surface area contributed by atoms with Gasteiger partial charge in [0.05, 0.1) is 0 Å². The first-order valence-electron chi connectivity index (χ1n) is 12.8. The van der Waals surface area contributed by atoms with Gasteiger partial charge in [0.2, 0.25) is 5.91 Å². The molecule has 0 bridgehead atoms.